The molecule has 2 rings (SSSR count). The second kappa shape index (κ2) is 2.00. The molecule has 0 aromatic heterocycles. The van der Waals surface area contributed by atoms with E-state index in [-0.39, 0.29) is 0 Å². The van der Waals surface area contributed by atoms with E-state index in [1.54, 1.807) is 0 Å². The predicted molar refractivity (Wildman–Crippen MR) is 38.9 cm³/mol. The van der Waals surface area contributed by atoms with Gasteiger partial charge in [-0.2, -0.15) is 0 Å². The Labute approximate surface area is 57.6 Å². The van der Waals surface area contributed by atoms with E-state index in [9.17, 15) is 0 Å². The summed E-state index contributed by atoms with van der Waals surface area (Å²) in [4.78, 5) is 0. The van der Waals surface area contributed by atoms with Crippen LogP contribution in [0.15, 0.2) is 0 Å². The Bertz CT molecular complexity index is 107. The highest BCUT2D eigenvalue weighted by atomic mass is 14.4. The van der Waals surface area contributed by atoms with Gasteiger partial charge in [0.15, 0.2) is 0 Å². The van der Waals surface area contributed by atoms with E-state index in [4.69, 9.17) is 0 Å². The summed E-state index contributed by atoms with van der Waals surface area (Å²) in [7, 11) is 0. The zero-order chi connectivity index (χ0) is 6.27. The summed E-state index contributed by atoms with van der Waals surface area (Å²) in [6, 6.07) is 0. The minimum absolute atomic E-state index is 0.817. The van der Waals surface area contributed by atoms with Gasteiger partial charge in [0.25, 0.3) is 0 Å². The molecule has 0 aliphatic heterocycles. The van der Waals surface area contributed by atoms with Crippen molar-refractivity contribution in [3.05, 3.63) is 6.92 Å². The third-order valence-corrected chi connectivity index (χ3v) is 3.23. The molecule has 9 heavy (non-hydrogen) atoms. The Hall–Kier alpha value is 0. The first-order valence-corrected chi connectivity index (χ1v) is 4.21. The second-order valence-corrected chi connectivity index (χ2v) is 3.69. The van der Waals surface area contributed by atoms with Crippen LogP contribution in [0.5, 0.6) is 0 Å². The summed E-state index contributed by atoms with van der Waals surface area (Å²) in [6.45, 7) is 4.18. The van der Waals surface area contributed by atoms with Crippen molar-refractivity contribution in [1.82, 2.24) is 0 Å². The van der Waals surface area contributed by atoms with Crippen molar-refractivity contribution in [2.45, 2.75) is 32.1 Å². The predicted octanol–water partition coefficient (Wildman–Crippen LogP) is 2.65. The largest absolute Gasteiger partial charge is 0.0527 e. The smallest absolute Gasteiger partial charge is 0.0357 e. The Morgan fingerprint density at radius 1 is 1.00 bits per heavy atom. The minimum atomic E-state index is 0.817. The van der Waals surface area contributed by atoms with Crippen molar-refractivity contribution < 1.29 is 0 Å². The van der Waals surface area contributed by atoms with E-state index in [1.807, 2.05) is 0 Å². The molecule has 0 heteroatoms. The van der Waals surface area contributed by atoms with Crippen molar-refractivity contribution in [3.8, 4) is 0 Å². The van der Waals surface area contributed by atoms with Gasteiger partial charge in [0.2, 0.25) is 0 Å². The summed E-state index contributed by atoms with van der Waals surface area (Å²) in [5.41, 5.74) is 0. The summed E-state index contributed by atoms with van der Waals surface area (Å²) >= 11 is 0. The van der Waals surface area contributed by atoms with Crippen LogP contribution < -0.4 is 0 Å². The normalized spacial score (nSPS) is 49.7. The lowest BCUT2D eigenvalue weighted by Gasteiger charge is -2.11. The topological polar surface area (TPSA) is 0 Å². The van der Waals surface area contributed by atoms with Gasteiger partial charge in [-0.15, -0.1) is 0 Å². The van der Waals surface area contributed by atoms with Crippen LogP contribution in [0.4, 0.5) is 0 Å². The van der Waals surface area contributed by atoms with Gasteiger partial charge in [-0.3, -0.25) is 0 Å². The van der Waals surface area contributed by atoms with Crippen molar-refractivity contribution in [2.75, 3.05) is 0 Å². The van der Waals surface area contributed by atoms with Crippen molar-refractivity contribution in [3.63, 3.8) is 0 Å². The fourth-order valence-corrected chi connectivity index (χ4v) is 2.69. The molecule has 0 amide bonds. The van der Waals surface area contributed by atoms with Gasteiger partial charge in [0.1, 0.15) is 0 Å². The lowest BCUT2D eigenvalue weighted by atomic mass is 9.94. The third kappa shape index (κ3) is 0.798. The molecule has 0 N–H and O–H groups in total. The third-order valence-electron chi connectivity index (χ3n) is 3.23. The van der Waals surface area contributed by atoms with E-state index < -0.39 is 0 Å². The summed E-state index contributed by atoms with van der Waals surface area (Å²) in [5.74, 6) is 2.94. The molecule has 2 aliphatic carbocycles. The van der Waals surface area contributed by atoms with Gasteiger partial charge in [0.05, 0.1) is 0 Å². The Balaban J connectivity index is 2.07. The van der Waals surface area contributed by atoms with Crippen LogP contribution in [-0.2, 0) is 0 Å². The average molecular weight is 123 g/mol. The maximum Gasteiger partial charge on any atom is -0.0357 e. The van der Waals surface area contributed by atoms with E-state index in [1.165, 1.54) is 32.1 Å². The van der Waals surface area contributed by atoms with Gasteiger partial charge in [-0.25, -0.2) is 0 Å². The zero-order valence-electron chi connectivity index (χ0n) is 5.97. The van der Waals surface area contributed by atoms with E-state index >= 15 is 0 Å². The zero-order valence-corrected chi connectivity index (χ0v) is 5.97. The SMILES string of the molecule is [CH2]C1CCC2CCCC12. The summed E-state index contributed by atoms with van der Waals surface area (Å²) in [5, 5.41) is 0. The molecule has 2 aliphatic rings. The highest BCUT2D eigenvalue weighted by Crippen LogP contribution is 2.46. The van der Waals surface area contributed by atoms with Crippen molar-refractivity contribution in [1.29, 1.82) is 0 Å². The maximum absolute atomic E-state index is 4.18. The first-order chi connectivity index (χ1) is 4.38. The van der Waals surface area contributed by atoms with Gasteiger partial charge in [0, 0.05) is 0 Å². The molecule has 2 saturated carbocycles. The van der Waals surface area contributed by atoms with Gasteiger partial charge < -0.3 is 0 Å². The molecule has 0 bridgehead atoms. The van der Waals surface area contributed by atoms with Crippen molar-refractivity contribution in [2.24, 2.45) is 17.8 Å². The fourth-order valence-electron chi connectivity index (χ4n) is 2.69. The molecular weight excluding hydrogens is 108 g/mol. The first kappa shape index (κ1) is 5.76. The van der Waals surface area contributed by atoms with E-state index in [0.717, 1.165) is 17.8 Å². The number of hydrogen-bond acceptors (Lipinski definition) is 0. The lowest BCUT2D eigenvalue weighted by Crippen LogP contribution is -2.04. The molecule has 51 valence electrons. The molecular formula is C9H15. The molecule has 0 nitrogen and oxygen atoms in total. The highest BCUT2D eigenvalue weighted by Gasteiger charge is 2.36. The number of rotatable bonds is 0. The quantitative estimate of drug-likeness (QED) is 0.464. The maximum atomic E-state index is 4.18. The van der Waals surface area contributed by atoms with E-state index in [2.05, 4.69) is 6.92 Å². The Morgan fingerprint density at radius 3 is 2.67 bits per heavy atom. The van der Waals surface area contributed by atoms with Crippen LogP contribution in [-0.4, -0.2) is 0 Å². The monoisotopic (exact) mass is 123 g/mol. The molecule has 0 aromatic carbocycles. The standard InChI is InChI=1S/C9H15/c1-7-5-6-8-3-2-4-9(7)8/h7-9H,1-6H2. The number of hydrogen-bond donors (Lipinski definition) is 0. The molecule has 0 aromatic rings. The minimum Gasteiger partial charge on any atom is -0.0527 e. The van der Waals surface area contributed by atoms with Gasteiger partial charge in [-0.1, -0.05) is 12.8 Å². The van der Waals surface area contributed by atoms with Crippen LogP contribution in [0.3, 0.4) is 0 Å². The molecule has 2 fully saturated rings. The second-order valence-electron chi connectivity index (χ2n) is 3.69. The highest BCUT2D eigenvalue weighted by molar-refractivity contribution is 4.89. The van der Waals surface area contributed by atoms with Crippen LogP contribution in [0.25, 0.3) is 0 Å². The van der Waals surface area contributed by atoms with Crippen LogP contribution >= 0.6 is 0 Å². The van der Waals surface area contributed by atoms with Crippen LogP contribution in [0.1, 0.15) is 32.1 Å². The average Bonchev–Trinajstić information content (AvgIpc) is 2.35. The van der Waals surface area contributed by atoms with E-state index in [0.29, 0.717) is 0 Å². The van der Waals surface area contributed by atoms with Crippen LogP contribution in [0, 0.1) is 24.7 Å². The lowest BCUT2D eigenvalue weighted by molar-refractivity contribution is 0.402. The van der Waals surface area contributed by atoms with Gasteiger partial charge in [-0.05, 0) is 43.9 Å². The van der Waals surface area contributed by atoms with Crippen LogP contribution in [0.2, 0.25) is 0 Å². The first-order valence-electron chi connectivity index (χ1n) is 4.21. The Kier molecular flexibility index (Phi) is 1.28. The molecule has 0 heterocycles. The summed E-state index contributed by atoms with van der Waals surface area (Å²) < 4.78 is 0. The molecule has 0 spiro atoms. The van der Waals surface area contributed by atoms with Crippen molar-refractivity contribution >= 4 is 0 Å². The molecule has 3 atom stereocenters. The van der Waals surface area contributed by atoms with Gasteiger partial charge >= 0.3 is 0 Å². The molecule has 3 unspecified atom stereocenters. The number of fused-ring (bicyclic) bond motifs is 1. The Morgan fingerprint density at radius 2 is 1.89 bits per heavy atom. The molecule has 1 radical (unpaired) electrons. The fraction of sp³-hybridized carbons (Fsp3) is 0.889. The summed E-state index contributed by atoms with van der Waals surface area (Å²) in [6.07, 6.45) is 7.38. The molecule has 0 saturated heterocycles.